The maximum absolute atomic E-state index is 12.9. The van der Waals surface area contributed by atoms with Gasteiger partial charge in [-0.1, -0.05) is 35.0 Å². The van der Waals surface area contributed by atoms with Gasteiger partial charge in [0.15, 0.2) is 5.76 Å². The minimum absolute atomic E-state index is 0.151. The van der Waals surface area contributed by atoms with Crippen LogP contribution in [0.1, 0.15) is 11.1 Å². The van der Waals surface area contributed by atoms with E-state index < -0.39 is 10.0 Å². The zero-order chi connectivity index (χ0) is 15.3. The summed E-state index contributed by atoms with van der Waals surface area (Å²) >= 11 is 6.23. The Bertz CT molecular complexity index is 958. The molecule has 0 radical (unpaired) electrons. The van der Waals surface area contributed by atoms with Crippen molar-refractivity contribution < 1.29 is 12.9 Å². The number of fused-ring (bicyclic) bond motifs is 3. The number of aromatic nitrogens is 2. The lowest BCUT2D eigenvalue weighted by atomic mass is 9.97. The summed E-state index contributed by atoms with van der Waals surface area (Å²) in [6.07, 6.45) is 3.09. The Hall–Kier alpha value is -2.05. The SMILES string of the molecule is O=S(=O)(c1ccccc1)n1c(Cl)cc2c1-c1oncc1CC2. The zero-order valence-corrected chi connectivity index (χ0v) is 12.9. The standard InChI is InChI=1S/C15H11ClN2O3S/c16-13-8-10-6-7-11-9-17-21-15(11)14(10)18(13)22(19,20)12-4-2-1-3-5-12/h1-5,8-9H,6-7H2. The smallest absolute Gasteiger partial charge is 0.269 e. The van der Waals surface area contributed by atoms with E-state index in [0.29, 0.717) is 17.9 Å². The van der Waals surface area contributed by atoms with E-state index in [1.807, 2.05) is 0 Å². The van der Waals surface area contributed by atoms with Crippen LogP contribution in [0.3, 0.4) is 0 Å². The Balaban J connectivity index is 2.01. The molecular formula is C15H11ClN2O3S. The van der Waals surface area contributed by atoms with Crippen molar-refractivity contribution in [3.8, 4) is 11.5 Å². The normalized spacial score (nSPS) is 13.7. The summed E-state index contributed by atoms with van der Waals surface area (Å²) in [4.78, 5) is 0.182. The van der Waals surface area contributed by atoms with Crippen LogP contribution in [0.5, 0.6) is 0 Å². The van der Waals surface area contributed by atoms with Crippen LogP contribution in [-0.4, -0.2) is 17.5 Å². The van der Waals surface area contributed by atoms with Crippen LogP contribution < -0.4 is 0 Å². The van der Waals surface area contributed by atoms with E-state index >= 15 is 0 Å². The molecule has 0 unspecified atom stereocenters. The molecule has 112 valence electrons. The van der Waals surface area contributed by atoms with Gasteiger partial charge in [-0.2, -0.15) is 0 Å². The van der Waals surface area contributed by atoms with Crippen molar-refractivity contribution in [1.82, 2.24) is 9.13 Å². The summed E-state index contributed by atoms with van der Waals surface area (Å²) in [6.45, 7) is 0. The third kappa shape index (κ3) is 1.84. The van der Waals surface area contributed by atoms with Crippen LogP contribution in [0, 0.1) is 0 Å². The topological polar surface area (TPSA) is 65.1 Å². The Labute approximate surface area is 132 Å². The van der Waals surface area contributed by atoms with Crippen molar-refractivity contribution >= 4 is 21.6 Å². The van der Waals surface area contributed by atoms with Gasteiger partial charge in [-0.15, -0.1) is 0 Å². The monoisotopic (exact) mass is 334 g/mol. The third-order valence-corrected chi connectivity index (χ3v) is 5.91. The van der Waals surface area contributed by atoms with Crippen LogP contribution >= 0.6 is 11.6 Å². The van der Waals surface area contributed by atoms with E-state index in [4.69, 9.17) is 16.1 Å². The molecule has 0 amide bonds. The maximum atomic E-state index is 12.9. The zero-order valence-electron chi connectivity index (χ0n) is 11.4. The lowest BCUT2D eigenvalue weighted by Gasteiger charge is -2.15. The largest absolute Gasteiger partial charge is 0.354 e. The van der Waals surface area contributed by atoms with Crippen LogP contribution in [0.25, 0.3) is 11.5 Å². The lowest BCUT2D eigenvalue weighted by molar-refractivity contribution is 0.428. The number of rotatable bonds is 2. The van der Waals surface area contributed by atoms with Gasteiger partial charge >= 0.3 is 0 Å². The molecule has 0 N–H and O–H groups in total. The minimum Gasteiger partial charge on any atom is -0.354 e. The highest BCUT2D eigenvalue weighted by Crippen LogP contribution is 2.39. The van der Waals surface area contributed by atoms with Crippen LogP contribution in [-0.2, 0) is 22.9 Å². The molecule has 7 heteroatoms. The molecule has 0 atom stereocenters. The van der Waals surface area contributed by atoms with E-state index in [-0.39, 0.29) is 10.0 Å². The highest BCUT2D eigenvalue weighted by atomic mass is 35.5. The molecule has 5 nitrogen and oxygen atoms in total. The van der Waals surface area contributed by atoms with Gasteiger partial charge in [-0.3, -0.25) is 0 Å². The van der Waals surface area contributed by atoms with Gasteiger partial charge in [-0.05, 0) is 36.6 Å². The molecule has 3 aromatic rings. The molecule has 4 rings (SSSR count). The number of benzene rings is 1. The van der Waals surface area contributed by atoms with Crippen LogP contribution in [0.15, 0.2) is 52.0 Å². The highest BCUT2D eigenvalue weighted by Gasteiger charge is 2.32. The molecule has 1 aliphatic carbocycles. The fourth-order valence-corrected chi connectivity index (χ4v) is 4.70. The number of hydrogen-bond acceptors (Lipinski definition) is 4. The Morgan fingerprint density at radius 2 is 1.86 bits per heavy atom. The van der Waals surface area contributed by atoms with Crippen molar-refractivity contribution in [2.75, 3.05) is 0 Å². The molecule has 1 aliphatic rings. The van der Waals surface area contributed by atoms with E-state index in [9.17, 15) is 8.42 Å². The van der Waals surface area contributed by atoms with Crippen LogP contribution in [0.4, 0.5) is 0 Å². The van der Waals surface area contributed by atoms with Gasteiger partial charge in [0.25, 0.3) is 10.0 Å². The molecule has 2 aromatic heterocycles. The second-order valence-electron chi connectivity index (χ2n) is 5.10. The van der Waals surface area contributed by atoms with Gasteiger partial charge < -0.3 is 4.52 Å². The van der Waals surface area contributed by atoms with E-state index in [1.165, 1.54) is 0 Å². The summed E-state index contributed by atoms with van der Waals surface area (Å²) in [6, 6.07) is 9.89. The number of aryl methyl sites for hydroxylation is 2. The average Bonchev–Trinajstić information content (AvgIpc) is 3.10. The van der Waals surface area contributed by atoms with Crippen molar-refractivity contribution in [3.05, 3.63) is 58.9 Å². The van der Waals surface area contributed by atoms with E-state index in [1.54, 1.807) is 42.6 Å². The first-order chi connectivity index (χ1) is 10.6. The van der Waals surface area contributed by atoms with Crippen molar-refractivity contribution in [3.63, 3.8) is 0 Å². The van der Waals surface area contributed by atoms with Gasteiger partial charge in [0.1, 0.15) is 10.8 Å². The lowest BCUT2D eigenvalue weighted by Crippen LogP contribution is -2.16. The fourth-order valence-electron chi connectivity index (χ4n) is 2.77. The number of hydrogen-bond donors (Lipinski definition) is 0. The summed E-state index contributed by atoms with van der Waals surface area (Å²) < 4.78 is 32.3. The Morgan fingerprint density at radius 1 is 1.14 bits per heavy atom. The summed E-state index contributed by atoms with van der Waals surface area (Å²) in [5.41, 5.74) is 2.23. The van der Waals surface area contributed by atoms with Gasteiger partial charge in [0.2, 0.25) is 0 Å². The minimum atomic E-state index is -3.79. The van der Waals surface area contributed by atoms with Gasteiger partial charge in [0, 0.05) is 5.56 Å². The van der Waals surface area contributed by atoms with Crippen molar-refractivity contribution in [1.29, 1.82) is 0 Å². The third-order valence-electron chi connectivity index (χ3n) is 3.80. The number of halogens is 1. The summed E-state index contributed by atoms with van der Waals surface area (Å²) in [5.74, 6) is 0.479. The Kier molecular flexibility index (Phi) is 2.92. The molecule has 0 bridgehead atoms. The average molecular weight is 335 g/mol. The number of nitrogens with zero attached hydrogens (tertiary/aromatic N) is 2. The molecular weight excluding hydrogens is 324 g/mol. The molecule has 0 saturated carbocycles. The molecule has 0 fully saturated rings. The predicted molar refractivity (Wildman–Crippen MR) is 81.4 cm³/mol. The summed E-state index contributed by atoms with van der Waals surface area (Å²) in [7, 11) is -3.79. The molecule has 2 heterocycles. The second-order valence-corrected chi connectivity index (χ2v) is 7.28. The maximum Gasteiger partial charge on any atom is 0.269 e. The Morgan fingerprint density at radius 3 is 2.64 bits per heavy atom. The fraction of sp³-hybridized carbons (Fsp3) is 0.133. The highest BCUT2D eigenvalue weighted by molar-refractivity contribution is 7.90. The first-order valence-electron chi connectivity index (χ1n) is 6.73. The summed E-state index contributed by atoms with van der Waals surface area (Å²) in [5, 5.41) is 3.93. The predicted octanol–water partition coefficient (Wildman–Crippen LogP) is 3.13. The molecule has 0 aliphatic heterocycles. The van der Waals surface area contributed by atoms with Crippen molar-refractivity contribution in [2.24, 2.45) is 0 Å². The quantitative estimate of drug-likeness (QED) is 0.722. The molecule has 1 aromatic carbocycles. The van der Waals surface area contributed by atoms with Crippen LogP contribution in [0.2, 0.25) is 5.15 Å². The second kappa shape index (κ2) is 4.72. The molecule has 0 spiro atoms. The van der Waals surface area contributed by atoms with E-state index in [2.05, 4.69) is 5.16 Å². The van der Waals surface area contributed by atoms with Crippen molar-refractivity contribution in [2.45, 2.75) is 17.7 Å². The first kappa shape index (κ1) is 13.6. The molecule has 22 heavy (non-hydrogen) atoms. The van der Waals surface area contributed by atoms with Gasteiger partial charge in [0.05, 0.1) is 11.1 Å². The molecule has 0 saturated heterocycles. The first-order valence-corrected chi connectivity index (χ1v) is 8.55. The van der Waals surface area contributed by atoms with E-state index in [0.717, 1.165) is 21.5 Å². The van der Waals surface area contributed by atoms with Gasteiger partial charge in [-0.25, -0.2) is 12.4 Å².